The maximum atomic E-state index is 13.1. The zero-order chi connectivity index (χ0) is 24.3. The number of halogens is 1. The highest BCUT2D eigenvalue weighted by molar-refractivity contribution is 7.85. The number of carbonyl (C=O) groups excluding carboxylic acids is 2. The predicted molar refractivity (Wildman–Crippen MR) is 118 cm³/mol. The summed E-state index contributed by atoms with van der Waals surface area (Å²) in [4.78, 5) is 22.9. The highest BCUT2D eigenvalue weighted by atomic mass is 32.2. The van der Waals surface area contributed by atoms with Crippen LogP contribution in [0.1, 0.15) is 25.0 Å². The van der Waals surface area contributed by atoms with E-state index in [1.807, 2.05) is 24.3 Å². The van der Waals surface area contributed by atoms with Crippen molar-refractivity contribution in [2.45, 2.75) is 39.1 Å². The van der Waals surface area contributed by atoms with E-state index in [2.05, 4.69) is 10.6 Å². The van der Waals surface area contributed by atoms with Gasteiger partial charge >= 0.3 is 0 Å². The SMILES string of the molecule is CC(NC(=O)C(C)NCc1ccc(OCc2cccc(F)c2)cc1)C(N)=O.CS(=O)(=O)O. The van der Waals surface area contributed by atoms with Crippen molar-refractivity contribution in [3.8, 4) is 5.75 Å². The predicted octanol–water partition coefficient (Wildman–Crippen LogP) is 1.38. The Morgan fingerprint density at radius 2 is 1.69 bits per heavy atom. The summed E-state index contributed by atoms with van der Waals surface area (Å²) in [5.41, 5.74) is 6.85. The van der Waals surface area contributed by atoms with E-state index in [9.17, 15) is 22.4 Å². The van der Waals surface area contributed by atoms with E-state index in [4.69, 9.17) is 15.0 Å². The van der Waals surface area contributed by atoms with Gasteiger partial charge < -0.3 is 21.1 Å². The van der Waals surface area contributed by atoms with Crippen molar-refractivity contribution >= 4 is 21.9 Å². The van der Waals surface area contributed by atoms with Crippen LogP contribution in [0.25, 0.3) is 0 Å². The Balaban J connectivity index is 0.000000920. The third-order valence-electron chi connectivity index (χ3n) is 4.01. The van der Waals surface area contributed by atoms with E-state index < -0.39 is 28.1 Å². The fourth-order valence-corrected chi connectivity index (χ4v) is 2.27. The number of hydrogen-bond donors (Lipinski definition) is 4. The summed E-state index contributed by atoms with van der Waals surface area (Å²) < 4.78 is 44.7. The topological polar surface area (TPSA) is 148 Å². The maximum absolute atomic E-state index is 13.1. The number of nitrogens with one attached hydrogen (secondary N) is 2. The van der Waals surface area contributed by atoms with Crippen molar-refractivity contribution in [2.24, 2.45) is 5.73 Å². The normalized spacial score (nSPS) is 12.7. The molecule has 0 radical (unpaired) electrons. The molecule has 0 bridgehead atoms. The van der Waals surface area contributed by atoms with Gasteiger partial charge in [-0.25, -0.2) is 4.39 Å². The Labute approximate surface area is 186 Å². The van der Waals surface area contributed by atoms with E-state index in [-0.39, 0.29) is 18.3 Å². The van der Waals surface area contributed by atoms with Crippen molar-refractivity contribution in [1.29, 1.82) is 0 Å². The molecule has 0 saturated heterocycles. The minimum atomic E-state index is -3.67. The summed E-state index contributed by atoms with van der Waals surface area (Å²) in [6.07, 6.45) is 0.715. The van der Waals surface area contributed by atoms with Crippen molar-refractivity contribution in [3.63, 3.8) is 0 Å². The van der Waals surface area contributed by atoms with Crippen LogP contribution in [0.2, 0.25) is 0 Å². The molecule has 0 aliphatic heterocycles. The van der Waals surface area contributed by atoms with Crippen LogP contribution in [-0.4, -0.2) is 43.1 Å². The number of benzene rings is 2. The fourth-order valence-electron chi connectivity index (χ4n) is 2.27. The maximum Gasteiger partial charge on any atom is 0.261 e. The molecule has 2 aromatic rings. The van der Waals surface area contributed by atoms with Gasteiger partial charge in [0, 0.05) is 6.54 Å². The monoisotopic (exact) mass is 469 g/mol. The standard InChI is InChI=1S/C20H24FN3O3.CH4O3S/c1-13(19(22)25)24-20(26)14(2)23-11-15-6-8-18(9-7-15)27-12-16-4-3-5-17(21)10-16;1-5(2,3)4/h3-10,13-14,23H,11-12H2,1-2H3,(H2,22,25)(H,24,26);1H3,(H,2,3,4). The molecule has 0 fully saturated rings. The van der Waals surface area contributed by atoms with E-state index in [0.29, 0.717) is 18.6 Å². The Hall–Kier alpha value is -3.02. The average molecular weight is 470 g/mol. The highest BCUT2D eigenvalue weighted by Gasteiger charge is 2.17. The molecule has 2 atom stereocenters. The van der Waals surface area contributed by atoms with E-state index in [1.54, 1.807) is 19.1 Å². The lowest BCUT2D eigenvalue weighted by atomic mass is 10.2. The van der Waals surface area contributed by atoms with Crippen molar-refractivity contribution in [1.82, 2.24) is 10.6 Å². The summed E-state index contributed by atoms with van der Waals surface area (Å²) in [6.45, 7) is 4.00. The minimum Gasteiger partial charge on any atom is -0.489 e. The molecule has 9 nitrogen and oxygen atoms in total. The van der Waals surface area contributed by atoms with Gasteiger partial charge in [0.2, 0.25) is 11.8 Å². The van der Waals surface area contributed by atoms with Crippen LogP contribution in [0.5, 0.6) is 5.75 Å². The van der Waals surface area contributed by atoms with Crippen molar-refractivity contribution < 1.29 is 31.7 Å². The average Bonchev–Trinajstić information content (AvgIpc) is 2.70. The summed E-state index contributed by atoms with van der Waals surface area (Å²) >= 11 is 0. The second kappa shape index (κ2) is 12.7. The Bertz CT molecular complexity index is 991. The molecular weight excluding hydrogens is 441 g/mol. The molecule has 11 heteroatoms. The molecule has 0 spiro atoms. The zero-order valence-electron chi connectivity index (χ0n) is 18.0. The second-order valence-electron chi connectivity index (χ2n) is 7.03. The van der Waals surface area contributed by atoms with Crippen LogP contribution in [0.3, 0.4) is 0 Å². The third kappa shape index (κ3) is 12.0. The minimum absolute atomic E-state index is 0.282. The molecular formula is C21H28FN3O6S. The van der Waals surface area contributed by atoms with Gasteiger partial charge in [-0.3, -0.25) is 14.1 Å². The van der Waals surface area contributed by atoms with Gasteiger partial charge in [-0.1, -0.05) is 24.3 Å². The highest BCUT2D eigenvalue weighted by Crippen LogP contribution is 2.15. The molecule has 0 aliphatic rings. The smallest absolute Gasteiger partial charge is 0.261 e. The van der Waals surface area contributed by atoms with E-state index >= 15 is 0 Å². The molecule has 0 aromatic heterocycles. The lowest BCUT2D eigenvalue weighted by Crippen LogP contribution is -2.49. The lowest BCUT2D eigenvalue weighted by molar-refractivity contribution is -0.128. The number of ether oxygens (including phenoxy) is 1. The molecule has 176 valence electrons. The number of primary amides is 1. The van der Waals surface area contributed by atoms with Gasteiger partial charge in [0.05, 0.1) is 12.3 Å². The number of nitrogens with two attached hydrogens (primary N) is 1. The van der Waals surface area contributed by atoms with Gasteiger partial charge in [0.25, 0.3) is 10.1 Å². The van der Waals surface area contributed by atoms with Gasteiger partial charge in [-0.15, -0.1) is 0 Å². The van der Waals surface area contributed by atoms with E-state index in [0.717, 1.165) is 11.1 Å². The summed E-state index contributed by atoms with van der Waals surface area (Å²) in [6, 6.07) is 12.5. The molecule has 0 saturated carbocycles. The Morgan fingerprint density at radius 1 is 1.09 bits per heavy atom. The Kier molecular flexibility index (Phi) is 10.8. The van der Waals surface area contributed by atoms with Crippen LogP contribution >= 0.6 is 0 Å². The first-order chi connectivity index (χ1) is 14.8. The third-order valence-corrected chi connectivity index (χ3v) is 4.01. The summed E-state index contributed by atoms with van der Waals surface area (Å²) in [7, 11) is -3.67. The fraction of sp³-hybridized carbons (Fsp3) is 0.333. The van der Waals surface area contributed by atoms with Crippen LogP contribution in [0.15, 0.2) is 48.5 Å². The van der Waals surface area contributed by atoms with Gasteiger partial charge in [0.15, 0.2) is 0 Å². The van der Waals surface area contributed by atoms with Gasteiger partial charge in [0.1, 0.15) is 24.2 Å². The summed E-state index contributed by atoms with van der Waals surface area (Å²) in [5, 5.41) is 5.62. The zero-order valence-corrected chi connectivity index (χ0v) is 18.9. The lowest BCUT2D eigenvalue weighted by Gasteiger charge is -2.16. The molecule has 5 N–H and O–H groups in total. The first-order valence-electron chi connectivity index (χ1n) is 9.57. The molecule has 2 rings (SSSR count). The van der Waals surface area contributed by atoms with E-state index in [1.165, 1.54) is 19.1 Å². The van der Waals surface area contributed by atoms with Gasteiger partial charge in [-0.2, -0.15) is 8.42 Å². The quantitative estimate of drug-likeness (QED) is 0.406. The first kappa shape index (κ1) is 27.0. The Morgan fingerprint density at radius 3 is 2.22 bits per heavy atom. The first-order valence-corrected chi connectivity index (χ1v) is 11.4. The van der Waals surface area contributed by atoms with Gasteiger partial charge in [-0.05, 0) is 49.2 Å². The van der Waals surface area contributed by atoms with Crippen LogP contribution in [0, 0.1) is 5.82 Å². The molecule has 32 heavy (non-hydrogen) atoms. The molecule has 0 aliphatic carbocycles. The van der Waals surface area contributed by atoms with Crippen LogP contribution in [0.4, 0.5) is 4.39 Å². The van der Waals surface area contributed by atoms with Crippen LogP contribution in [-0.2, 0) is 32.9 Å². The second-order valence-corrected chi connectivity index (χ2v) is 8.50. The number of hydrogen-bond acceptors (Lipinski definition) is 6. The van der Waals surface area contributed by atoms with Crippen molar-refractivity contribution in [2.75, 3.05) is 6.26 Å². The molecule has 2 aromatic carbocycles. The summed E-state index contributed by atoms with van der Waals surface area (Å²) in [5.74, 6) is -0.495. The molecule has 2 amide bonds. The van der Waals surface area contributed by atoms with Crippen LogP contribution < -0.4 is 21.1 Å². The largest absolute Gasteiger partial charge is 0.489 e. The van der Waals surface area contributed by atoms with Crippen molar-refractivity contribution in [3.05, 3.63) is 65.5 Å². The molecule has 2 unspecified atom stereocenters. The number of carbonyl (C=O) groups is 2. The number of amides is 2. The number of rotatable bonds is 9. The molecule has 0 heterocycles.